The van der Waals surface area contributed by atoms with Crippen molar-refractivity contribution in [2.45, 2.75) is 45.6 Å². The molecule has 0 spiro atoms. The molecule has 0 aliphatic heterocycles. The van der Waals surface area contributed by atoms with Crippen LogP contribution in [0.2, 0.25) is 0 Å². The van der Waals surface area contributed by atoms with Gasteiger partial charge in [-0.15, -0.1) is 0 Å². The average Bonchev–Trinajstić information content (AvgIpc) is 2.51. The van der Waals surface area contributed by atoms with Crippen molar-refractivity contribution in [3.05, 3.63) is 35.9 Å². The summed E-state index contributed by atoms with van der Waals surface area (Å²) in [5, 5.41) is 5.76. The first-order chi connectivity index (χ1) is 10.6. The molecule has 0 bridgehead atoms. The number of hydrogen-bond acceptors (Lipinski definition) is 2. The van der Waals surface area contributed by atoms with E-state index < -0.39 is 0 Å². The Morgan fingerprint density at radius 3 is 2.55 bits per heavy atom. The summed E-state index contributed by atoms with van der Waals surface area (Å²) in [7, 11) is 0. The van der Waals surface area contributed by atoms with E-state index in [9.17, 15) is 9.59 Å². The summed E-state index contributed by atoms with van der Waals surface area (Å²) >= 11 is 0. The highest BCUT2D eigenvalue weighted by Crippen LogP contribution is 2.29. The van der Waals surface area contributed by atoms with Crippen molar-refractivity contribution < 1.29 is 9.59 Å². The highest BCUT2D eigenvalue weighted by atomic mass is 16.2. The lowest BCUT2D eigenvalue weighted by atomic mass is 9.78. The standard InChI is InChI=1S/C18H26N2O2/c1-13-7-6-10-16(14(13)2)20-18(22)12-19-17(21)11-15-8-4-3-5-9-15/h3-5,8-9,13-14,16H,6-7,10-12H2,1-2H3,(H,19,21)(H,20,22)/t13-,14-,16+/m1/s1. The zero-order chi connectivity index (χ0) is 15.9. The molecule has 3 atom stereocenters. The molecule has 0 saturated heterocycles. The van der Waals surface area contributed by atoms with Gasteiger partial charge in [0.15, 0.2) is 0 Å². The SMILES string of the molecule is C[C@@H]1[C@H](C)CCC[C@@H]1NC(=O)CNC(=O)Cc1ccccc1. The largest absolute Gasteiger partial charge is 0.352 e. The second-order valence-electron chi connectivity index (χ2n) is 6.38. The molecule has 1 aliphatic carbocycles. The van der Waals surface area contributed by atoms with Gasteiger partial charge in [-0.3, -0.25) is 9.59 Å². The number of carbonyl (C=O) groups is 2. The van der Waals surface area contributed by atoms with Crippen LogP contribution in [0, 0.1) is 11.8 Å². The fraction of sp³-hybridized carbons (Fsp3) is 0.556. The minimum absolute atomic E-state index is 0.0588. The molecule has 2 rings (SSSR count). The van der Waals surface area contributed by atoms with Gasteiger partial charge < -0.3 is 10.6 Å². The summed E-state index contributed by atoms with van der Waals surface area (Å²) in [6.45, 7) is 4.50. The van der Waals surface area contributed by atoms with E-state index in [1.165, 1.54) is 6.42 Å². The molecule has 4 nitrogen and oxygen atoms in total. The van der Waals surface area contributed by atoms with Crippen molar-refractivity contribution in [1.82, 2.24) is 10.6 Å². The van der Waals surface area contributed by atoms with Gasteiger partial charge in [0.25, 0.3) is 0 Å². The molecular weight excluding hydrogens is 276 g/mol. The van der Waals surface area contributed by atoms with Gasteiger partial charge in [-0.1, -0.05) is 57.0 Å². The molecule has 1 saturated carbocycles. The van der Waals surface area contributed by atoms with Crippen LogP contribution in [-0.4, -0.2) is 24.4 Å². The van der Waals surface area contributed by atoms with Crippen LogP contribution in [0.25, 0.3) is 0 Å². The van der Waals surface area contributed by atoms with Crippen LogP contribution in [0.1, 0.15) is 38.7 Å². The highest BCUT2D eigenvalue weighted by molar-refractivity contribution is 5.85. The monoisotopic (exact) mass is 302 g/mol. The van der Waals surface area contributed by atoms with Crippen molar-refractivity contribution >= 4 is 11.8 Å². The van der Waals surface area contributed by atoms with Gasteiger partial charge in [-0.25, -0.2) is 0 Å². The molecule has 0 aromatic heterocycles. The van der Waals surface area contributed by atoms with E-state index in [1.54, 1.807) is 0 Å². The van der Waals surface area contributed by atoms with Crippen LogP contribution in [0.15, 0.2) is 30.3 Å². The predicted octanol–water partition coefficient (Wildman–Crippen LogP) is 2.29. The summed E-state index contributed by atoms with van der Waals surface area (Å²) in [5.74, 6) is 0.934. The number of amides is 2. The van der Waals surface area contributed by atoms with Gasteiger partial charge >= 0.3 is 0 Å². The second kappa shape index (κ2) is 7.97. The minimum atomic E-state index is -0.119. The van der Waals surface area contributed by atoms with Crippen molar-refractivity contribution in [2.75, 3.05) is 6.54 Å². The van der Waals surface area contributed by atoms with Gasteiger partial charge in [0, 0.05) is 6.04 Å². The molecule has 0 heterocycles. The Bertz CT molecular complexity index is 501. The van der Waals surface area contributed by atoms with Gasteiger partial charge in [-0.05, 0) is 23.8 Å². The third-order valence-corrected chi connectivity index (χ3v) is 4.71. The maximum atomic E-state index is 12.0. The summed E-state index contributed by atoms with van der Waals surface area (Å²) in [4.78, 5) is 23.8. The van der Waals surface area contributed by atoms with E-state index in [1.807, 2.05) is 30.3 Å². The predicted molar refractivity (Wildman–Crippen MR) is 87.3 cm³/mol. The Morgan fingerprint density at radius 2 is 1.82 bits per heavy atom. The summed E-state index contributed by atoms with van der Waals surface area (Å²) < 4.78 is 0. The average molecular weight is 302 g/mol. The van der Waals surface area contributed by atoms with Crippen LogP contribution in [0.3, 0.4) is 0 Å². The first kappa shape index (κ1) is 16.5. The lowest BCUT2D eigenvalue weighted by molar-refractivity contribution is -0.126. The third-order valence-electron chi connectivity index (χ3n) is 4.71. The van der Waals surface area contributed by atoms with Gasteiger partial charge in [0.2, 0.25) is 11.8 Å². The lowest BCUT2D eigenvalue weighted by Crippen LogP contribution is -2.47. The normalized spacial score (nSPS) is 24.5. The summed E-state index contributed by atoms with van der Waals surface area (Å²) in [6.07, 6.45) is 3.75. The topological polar surface area (TPSA) is 58.2 Å². The first-order valence-corrected chi connectivity index (χ1v) is 8.16. The van der Waals surface area contributed by atoms with E-state index >= 15 is 0 Å². The van der Waals surface area contributed by atoms with Gasteiger partial charge in [-0.2, -0.15) is 0 Å². The third kappa shape index (κ3) is 4.86. The lowest BCUT2D eigenvalue weighted by Gasteiger charge is -2.34. The van der Waals surface area contributed by atoms with E-state index in [4.69, 9.17) is 0 Å². The molecule has 2 N–H and O–H groups in total. The summed E-state index contributed by atoms with van der Waals surface area (Å²) in [5.41, 5.74) is 0.954. The first-order valence-electron chi connectivity index (χ1n) is 8.16. The van der Waals surface area contributed by atoms with E-state index in [0.29, 0.717) is 18.3 Å². The fourth-order valence-electron chi connectivity index (χ4n) is 3.07. The van der Waals surface area contributed by atoms with Crippen molar-refractivity contribution in [3.63, 3.8) is 0 Å². The van der Waals surface area contributed by atoms with Gasteiger partial charge in [0.1, 0.15) is 0 Å². The fourth-order valence-corrected chi connectivity index (χ4v) is 3.07. The van der Waals surface area contributed by atoms with Crippen LogP contribution >= 0.6 is 0 Å². The zero-order valence-corrected chi connectivity index (χ0v) is 13.5. The van der Waals surface area contributed by atoms with Crippen molar-refractivity contribution in [2.24, 2.45) is 11.8 Å². The van der Waals surface area contributed by atoms with Crippen molar-refractivity contribution in [3.8, 4) is 0 Å². The maximum absolute atomic E-state index is 12.0. The minimum Gasteiger partial charge on any atom is -0.352 e. The zero-order valence-electron chi connectivity index (χ0n) is 13.5. The smallest absolute Gasteiger partial charge is 0.239 e. The van der Waals surface area contributed by atoms with Gasteiger partial charge in [0.05, 0.1) is 13.0 Å². The Labute approximate surface area is 132 Å². The Morgan fingerprint density at radius 1 is 1.09 bits per heavy atom. The molecule has 0 unspecified atom stereocenters. The number of rotatable bonds is 5. The van der Waals surface area contributed by atoms with Crippen LogP contribution in [-0.2, 0) is 16.0 Å². The van der Waals surface area contributed by atoms with Crippen LogP contribution in [0.5, 0.6) is 0 Å². The molecule has 1 aromatic rings. The number of benzene rings is 1. The quantitative estimate of drug-likeness (QED) is 0.877. The number of carbonyl (C=O) groups excluding carboxylic acids is 2. The van der Waals surface area contributed by atoms with Crippen molar-refractivity contribution in [1.29, 1.82) is 0 Å². The summed E-state index contributed by atoms with van der Waals surface area (Å²) in [6, 6.07) is 9.78. The molecule has 1 aromatic carbocycles. The molecule has 1 fully saturated rings. The molecule has 0 radical (unpaired) electrons. The Hall–Kier alpha value is -1.84. The Balaban J connectivity index is 1.72. The number of nitrogens with one attached hydrogen (secondary N) is 2. The molecule has 1 aliphatic rings. The molecule has 4 heteroatoms. The molecule has 22 heavy (non-hydrogen) atoms. The molecule has 120 valence electrons. The Kier molecular flexibility index (Phi) is 5.99. The second-order valence-corrected chi connectivity index (χ2v) is 6.38. The van der Waals surface area contributed by atoms with E-state index in [-0.39, 0.29) is 24.4 Å². The molecule has 2 amide bonds. The molecular formula is C18H26N2O2. The maximum Gasteiger partial charge on any atom is 0.239 e. The van der Waals surface area contributed by atoms with Crippen LogP contribution in [0.4, 0.5) is 0 Å². The van der Waals surface area contributed by atoms with E-state index in [0.717, 1.165) is 18.4 Å². The highest BCUT2D eigenvalue weighted by Gasteiger charge is 2.27. The number of hydrogen-bond donors (Lipinski definition) is 2. The van der Waals surface area contributed by atoms with Crippen LogP contribution < -0.4 is 10.6 Å². The van der Waals surface area contributed by atoms with E-state index in [2.05, 4.69) is 24.5 Å².